The van der Waals surface area contributed by atoms with Crippen molar-refractivity contribution in [3.63, 3.8) is 0 Å². The van der Waals surface area contributed by atoms with Gasteiger partial charge < -0.3 is 15.0 Å². The number of hydrogen-bond donors (Lipinski definition) is 1. The van der Waals surface area contributed by atoms with Crippen LogP contribution in [0, 0.1) is 5.92 Å². The Kier molecular flexibility index (Phi) is 4.99. The molecule has 1 N–H and O–H groups in total. The molecule has 2 aliphatic rings. The first-order valence-electron chi connectivity index (χ1n) is 8.29. The molecule has 1 amide bonds. The molecule has 24 heavy (non-hydrogen) atoms. The number of rotatable bonds is 5. The summed E-state index contributed by atoms with van der Waals surface area (Å²) in [6, 6.07) is 5.55. The lowest BCUT2D eigenvalue weighted by atomic mass is 10.0. The monoisotopic (exact) mass is 342 g/mol. The molecule has 0 radical (unpaired) electrons. The summed E-state index contributed by atoms with van der Waals surface area (Å²) in [7, 11) is 0. The molecular weight excluding hydrogens is 321 g/mol. The average Bonchev–Trinajstić information content (AvgIpc) is 3.36. The van der Waals surface area contributed by atoms with Gasteiger partial charge in [-0.15, -0.1) is 13.2 Å². The summed E-state index contributed by atoms with van der Waals surface area (Å²) in [6.45, 7) is 2.41. The van der Waals surface area contributed by atoms with Gasteiger partial charge >= 0.3 is 6.36 Å². The third-order valence-electron chi connectivity index (χ3n) is 4.51. The largest absolute Gasteiger partial charge is 0.573 e. The molecule has 1 aromatic rings. The SMILES string of the molecule is O=C(c1ccc(OC(F)(F)F)cc1)N1CCC(NCC2CC2)CC1. The third-order valence-corrected chi connectivity index (χ3v) is 4.51. The lowest BCUT2D eigenvalue weighted by Gasteiger charge is -2.32. The van der Waals surface area contributed by atoms with Crippen LogP contribution in [-0.4, -0.2) is 42.8 Å². The molecule has 3 rings (SSSR count). The molecule has 0 aromatic heterocycles. The highest BCUT2D eigenvalue weighted by Gasteiger charge is 2.31. The predicted octanol–water partition coefficient (Wildman–Crippen LogP) is 3.19. The van der Waals surface area contributed by atoms with E-state index in [1.807, 2.05) is 0 Å². The van der Waals surface area contributed by atoms with Crippen molar-refractivity contribution >= 4 is 5.91 Å². The van der Waals surface area contributed by atoms with Gasteiger partial charge in [0, 0.05) is 24.7 Å². The van der Waals surface area contributed by atoms with Gasteiger partial charge in [-0.2, -0.15) is 0 Å². The van der Waals surface area contributed by atoms with E-state index in [1.54, 1.807) is 4.90 Å². The molecule has 132 valence electrons. The van der Waals surface area contributed by atoms with E-state index in [1.165, 1.54) is 37.1 Å². The van der Waals surface area contributed by atoms with Crippen LogP contribution >= 0.6 is 0 Å². The minimum atomic E-state index is -4.72. The normalized spacial score (nSPS) is 19.4. The second kappa shape index (κ2) is 7.01. The summed E-state index contributed by atoms with van der Waals surface area (Å²) in [5.41, 5.74) is 0.383. The Morgan fingerprint density at radius 2 is 1.75 bits per heavy atom. The molecule has 0 atom stereocenters. The van der Waals surface area contributed by atoms with E-state index in [4.69, 9.17) is 0 Å². The zero-order chi connectivity index (χ0) is 17.2. The minimum Gasteiger partial charge on any atom is -0.406 e. The number of amides is 1. The lowest BCUT2D eigenvalue weighted by Crippen LogP contribution is -2.45. The predicted molar refractivity (Wildman–Crippen MR) is 82.8 cm³/mol. The first-order valence-corrected chi connectivity index (χ1v) is 8.29. The zero-order valence-electron chi connectivity index (χ0n) is 13.3. The fraction of sp³-hybridized carbons (Fsp3) is 0.588. The minimum absolute atomic E-state index is 0.144. The van der Waals surface area contributed by atoms with Gasteiger partial charge in [0.2, 0.25) is 0 Å². The fourth-order valence-corrected chi connectivity index (χ4v) is 2.92. The number of ether oxygens (including phenoxy) is 1. The fourth-order valence-electron chi connectivity index (χ4n) is 2.92. The molecule has 2 fully saturated rings. The summed E-state index contributed by atoms with van der Waals surface area (Å²) in [5.74, 6) is 0.373. The number of alkyl halides is 3. The van der Waals surface area contributed by atoms with Crippen LogP contribution in [0.15, 0.2) is 24.3 Å². The Labute approximate surface area is 139 Å². The maximum absolute atomic E-state index is 12.4. The smallest absolute Gasteiger partial charge is 0.406 e. The van der Waals surface area contributed by atoms with Gasteiger partial charge in [-0.3, -0.25) is 4.79 Å². The van der Waals surface area contributed by atoms with Crippen molar-refractivity contribution in [3.8, 4) is 5.75 Å². The quantitative estimate of drug-likeness (QED) is 0.894. The first kappa shape index (κ1) is 17.1. The summed E-state index contributed by atoms with van der Waals surface area (Å²) >= 11 is 0. The van der Waals surface area contributed by atoms with E-state index in [0.717, 1.165) is 25.3 Å². The van der Waals surface area contributed by atoms with Crippen LogP contribution in [0.25, 0.3) is 0 Å². The van der Waals surface area contributed by atoms with Crippen molar-refractivity contribution in [1.82, 2.24) is 10.2 Å². The molecule has 0 unspecified atom stereocenters. The van der Waals surface area contributed by atoms with Crippen LogP contribution < -0.4 is 10.1 Å². The molecular formula is C17H21F3N2O2. The number of likely N-dealkylation sites (tertiary alicyclic amines) is 1. The third kappa shape index (κ3) is 4.87. The van der Waals surface area contributed by atoms with Crippen molar-refractivity contribution in [1.29, 1.82) is 0 Å². The molecule has 1 aromatic carbocycles. The van der Waals surface area contributed by atoms with Gasteiger partial charge in [-0.1, -0.05) is 0 Å². The number of carbonyl (C=O) groups excluding carboxylic acids is 1. The molecule has 4 nitrogen and oxygen atoms in total. The van der Waals surface area contributed by atoms with Crippen LogP contribution in [0.4, 0.5) is 13.2 Å². The second-order valence-electron chi connectivity index (χ2n) is 6.49. The lowest BCUT2D eigenvalue weighted by molar-refractivity contribution is -0.274. The molecule has 0 bridgehead atoms. The maximum Gasteiger partial charge on any atom is 0.573 e. The molecule has 1 heterocycles. The maximum atomic E-state index is 12.4. The van der Waals surface area contributed by atoms with Crippen molar-refractivity contribution in [2.45, 2.75) is 38.1 Å². The number of piperidine rings is 1. The summed E-state index contributed by atoms with van der Waals surface area (Å²) in [4.78, 5) is 14.2. The van der Waals surface area contributed by atoms with E-state index in [9.17, 15) is 18.0 Å². The Bertz CT molecular complexity index is 562. The van der Waals surface area contributed by atoms with Crippen LogP contribution in [0.1, 0.15) is 36.0 Å². The summed E-state index contributed by atoms with van der Waals surface area (Å²) in [5, 5.41) is 3.55. The summed E-state index contributed by atoms with van der Waals surface area (Å²) in [6.07, 6.45) is -0.265. The van der Waals surface area contributed by atoms with Gasteiger partial charge in [-0.25, -0.2) is 0 Å². The summed E-state index contributed by atoms with van der Waals surface area (Å²) < 4.78 is 40.2. The van der Waals surface area contributed by atoms with Gasteiger partial charge in [0.05, 0.1) is 0 Å². The number of carbonyl (C=O) groups is 1. The highest BCUT2D eigenvalue weighted by atomic mass is 19.4. The first-order chi connectivity index (χ1) is 11.4. The average molecular weight is 342 g/mol. The molecule has 1 aliphatic heterocycles. The molecule has 0 spiro atoms. The molecule has 1 aliphatic carbocycles. The zero-order valence-corrected chi connectivity index (χ0v) is 13.3. The number of nitrogens with one attached hydrogen (secondary N) is 1. The number of hydrogen-bond acceptors (Lipinski definition) is 3. The second-order valence-corrected chi connectivity index (χ2v) is 6.49. The van der Waals surface area contributed by atoms with Crippen LogP contribution in [0.5, 0.6) is 5.75 Å². The topological polar surface area (TPSA) is 41.6 Å². The van der Waals surface area contributed by atoms with Gasteiger partial charge in [0.25, 0.3) is 5.91 Å². The van der Waals surface area contributed by atoms with E-state index < -0.39 is 6.36 Å². The molecule has 7 heteroatoms. The highest BCUT2D eigenvalue weighted by Crippen LogP contribution is 2.28. The van der Waals surface area contributed by atoms with Gasteiger partial charge in [-0.05, 0) is 62.4 Å². The van der Waals surface area contributed by atoms with Gasteiger partial charge in [0.1, 0.15) is 5.75 Å². The van der Waals surface area contributed by atoms with Crippen molar-refractivity contribution in [2.75, 3.05) is 19.6 Å². The van der Waals surface area contributed by atoms with E-state index in [2.05, 4.69) is 10.1 Å². The van der Waals surface area contributed by atoms with Crippen molar-refractivity contribution in [3.05, 3.63) is 29.8 Å². The Balaban J connectivity index is 1.49. The standard InChI is InChI=1S/C17H21F3N2O2/c18-17(19,20)24-15-5-3-13(4-6-15)16(23)22-9-7-14(8-10-22)21-11-12-1-2-12/h3-6,12,14,21H,1-2,7-11H2. The Morgan fingerprint density at radius 3 is 2.29 bits per heavy atom. The van der Waals surface area contributed by atoms with Crippen molar-refractivity contribution in [2.24, 2.45) is 5.92 Å². The van der Waals surface area contributed by atoms with Crippen LogP contribution in [0.3, 0.4) is 0 Å². The van der Waals surface area contributed by atoms with E-state index in [0.29, 0.717) is 24.7 Å². The molecule has 1 saturated heterocycles. The van der Waals surface area contributed by atoms with Crippen LogP contribution in [0.2, 0.25) is 0 Å². The number of nitrogens with zero attached hydrogens (tertiary/aromatic N) is 1. The Hall–Kier alpha value is -1.76. The van der Waals surface area contributed by atoms with Crippen LogP contribution in [-0.2, 0) is 0 Å². The van der Waals surface area contributed by atoms with Gasteiger partial charge in [0.15, 0.2) is 0 Å². The van der Waals surface area contributed by atoms with E-state index >= 15 is 0 Å². The number of halogens is 3. The Morgan fingerprint density at radius 1 is 1.12 bits per heavy atom. The van der Waals surface area contributed by atoms with Crippen molar-refractivity contribution < 1.29 is 22.7 Å². The molecule has 1 saturated carbocycles. The van der Waals surface area contributed by atoms with E-state index in [-0.39, 0.29) is 11.7 Å². The highest BCUT2D eigenvalue weighted by molar-refractivity contribution is 5.94. The number of benzene rings is 1.